The first kappa shape index (κ1) is 9.13. The zero-order valence-corrected chi connectivity index (χ0v) is 9.02. The van der Waals surface area contributed by atoms with E-state index in [-0.39, 0.29) is 0 Å². The maximum atomic E-state index is 5.68. The van der Waals surface area contributed by atoms with Gasteiger partial charge in [0.05, 0.1) is 7.11 Å². The topological polar surface area (TPSA) is 9.23 Å². The van der Waals surface area contributed by atoms with Gasteiger partial charge in [-0.25, -0.2) is 0 Å². The summed E-state index contributed by atoms with van der Waals surface area (Å²) < 4.78 is 6.20. The quantitative estimate of drug-likeness (QED) is 0.598. The second-order valence-corrected chi connectivity index (χ2v) is 3.52. The first-order valence-corrected chi connectivity index (χ1v) is 4.77. The molecule has 0 N–H and O–H groups in total. The monoisotopic (exact) mass is 282 g/mol. The number of hydrogen-bond acceptors (Lipinski definition) is 1. The molecule has 0 spiro atoms. The molecule has 1 aromatic rings. The van der Waals surface area contributed by atoms with Crippen molar-refractivity contribution in [2.75, 3.05) is 7.11 Å². The fourth-order valence-electron chi connectivity index (χ4n) is 0.763. The van der Waals surface area contributed by atoms with Gasteiger partial charge in [-0.15, -0.1) is 11.6 Å². The summed E-state index contributed by atoms with van der Waals surface area (Å²) in [5.41, 5.74) is 1.15. The van der Waals surface area contributed by atoms with E-state index in [1.165, 1.54) is 0 Å². The van der Waals surface area contributed by atoms with Crippen molar-refractivity contribution in [2.45, 2.75) is 5.88 Å². The third-order valence-electron chi connectivity index (χ3n) is 1.40. The van der Waals surface area contributed by atoms with Crippen molar-refractivity contribution in [3.05, 3.63) is 27.3 Å². The molecule has 11 heavy (non-hydrogen) atoms. The summed E-state index contributed by atoms with van der Waals surface area (Å²) in [6.07, 6.45) is 0. The predicted molar refractivity (Wildman–Crippen MR) is 55.3 cm³/mol. The van der Waals surface area contributed by atoms with Crippen LogP contribution in [0.2, 0.25) is 0 Å². The molecule has 0 aliphatic heterocycles. The maximum Gasteiger partial charge on any atom is 0.119 e. The minimum Gasteiger partial charge on any atom is -0.497 e. The van der Waals surface area contributed by atoms with Crippen LogP contribution in [0.4, 0.5) is 0 Å². The molecule has 3 heteroatoms. The predicted octanol–water partition coefficient (Wildman–Crippen LogP) is 3.04. The van der Waals surface area contributed by atoms with E-state index >= 15 is 0 Å². The van der Waals surface area contributed by atoms with Gasteiger partial charge in [-0.3, -0.25) is 0 Å². The van der Waals surface area contributed by atoms with E-state index in [4.69, 9.17) is 16.3 Å². The van der Waals surface area contributed by atoms with E-state index in [9.17, 15) is 0 Å². The maximum absolute atomic E-state index is 5.68. The average Bonchev–Trinajstić information content (AvgIpc) is 2.04. The van der Waals surface area contributed by atoms with Crippen LogP contribution in [0.5, 0.6) is 5.75 Å². The van der Waals surface area contributed by atoms with Crippen LogP contribution in [0.25, 0.3) is 0 Å². The molecule has 0 aromatic heterocycles. The largest absolute Gasteiger partial charge is 0.497 e. The summed E-state index contributed by atoms with van der Waals surface area (Å²) >= 11 is 7.93. The molecule has 0 heterocycles. The second kappa shape index (κ2) is 4.16. The standard InChI is InChI=1S/C8H8ClIO/c1-11-7-3-2-6(5-9)8(10)4-7/h2-4H,5H2,1H3. The third-order valence-corrected chi connectivity index (χ3v) is 2.70. The molecule has 0 aliphatic carbocycles. The molecular formula is C8H8ClIO. The van der Waals surface area contributed by atoms with E-state index < -0.39 is 0 Å². The van der Waals surface area contributed by atoms with E-state index in [0.717, 1.165) is 14.9 Å². The number of ether oxygens (including phenoxy) is 1. The minimum atomic E-state index is 0.558. The summed E-state index contributed by atoms with van der Waals surface area (Å²) in [5, 5.41) is 0. The summed E-state index contributed by atoms with van der Waals surface area (Å²) in [6, 6.07) is 5.87. The Labute approximate surface area is 84.8 Å². The second-order valence-electron chi connectivity index (χ2n) is 2.09. The highest BCUT2D eigenvalue weighted by Crippen LogP contribution is 2.20. The van der Waals surface area contributed by atoms with Crippen molar-refractivity contribution in [3.8, 4) is 5.75 Å². The normalized spacial score (nSPS) is 9.73. The van der Waals surface area contributed by atoms with Crippen LogP contribution >= 0.6 is 34.2 Å². The Morgan fingerprint density at radius 2 is 2.27 bits per heavy atom. The smallest absolute Gasteiger partial charge is 0.119 e. The van der Waals surface area contributed by atoms with Crippen molar-refractivity contribution < 1.29 is 4.74 Å². The van der Waals surface area contributed by atoms with Gasteiger partial charge >= 0.3 is 0 Å². The number of benzene rings is 1. The van der Waals surface area contributed by atoms with Gasteiger partial charge in [0.15, 0.2) is 0 Å². The molecule has 0 saturated heterocycles. The van der Waals surface area contributed by atoms with E-state index in [0.29, 0.717) is 5.88 Å². The molecule has 0 atom stereocenters. The molecule has 0 saturated carbocycles. The van der Waals surface area contributed by atoms with Crippen LogP contribution in [0, 0.1) is 3.57 Å². The van der Waals surface area contributed by atoms with Gasteiger partial charge in [-0.05, 0) is 40.3 Å². The lowest BCUT2D eigenvalue weighted by Gasteiger charge is -2.02. The number of methoxy groups -OCH3 is 1. The highest BCUT2D eigenvalue weighted by atomic mass is 127. The van der Waals surface area contributed by atoms with Crippen LogP contribution in [-0.4, -0.2) is 7.11 Å². The molecule has 0 fully saturated rings. The third kappa shape index (κ3) is 2.24. The summed E-state index contributed by atoms with van der Waals surface area (Å²) in [4.78, 5) is 0. The molecule has 0 radical (unpaired) electrons. The van der Waals surface area contributed by atoms with E-state index in [2.05, 4.69) is 22.6 Å². The van der Waals surface area contributed by atoms with Crippen LogP contribution in [0.15, 0.2) is 18.2 Å². The number of rotatable bonds is 2. The first-order valence-electron chi connectivity index (χ1n) is 3.16. The first-order chi connectivity index (χ1) is 5.27. The minimum absolute atomic E-state index is 0.558. The SMILES string of the molecule is COc1ccc(CCl)c(I)c1. The molecule has 0 aliphatic rings. The molecule has 1 nitrogen and oxygen atoms in total. The van der Waals surface area contributed by atoms with Crippen molar-refractivity contribution in [1.82, 2.24) is 0 Å². The number of halogens is 2. The lowest BCUT2D eigenvalue weighted by molar-refractivity contribution is 0.414. The average molecular weight is 283 g/mol. The lowest BCUT2D eigenvalue weighted by atomic mass is 10.2. The van der Waals surface area contributed by atoms with Gasteiger partial charge in [0.2, 0.25) is 0 Å². The van der Waals surface area contributed by atoms with Crippen LogP contribution < -0.4 is 4.74 Å². The number of hydrogen-bond donors (Lipinski definition) is 0. The Hall–Kier alpha value is 0.0400. The zero-order chi connectivity index (χ0) is 8.27. The van der Waals surface area contributed by atoms with E-state index in [1.807, 2.05) is 18.2 Å². The van der Waals surface area contributed by atoms with Gasteiger partial charge in [0.1, 0.15) is 5.75 Å². The number of alkyl halides is 1. The molecule has 60 valence electrons. The molecule has 0 bridgehead atoms. The molecular weight excluding hydrogens is 274 g/mol. The summed E-state index contributed by atoms with van der Waals surface area (Å²) in [7, 11) is 1.66. The van der Waals surface area contributed by atoms with E-state index in [1.54, 1.807) is 7.11 Å². The Bertz CT molecular complexity index is 250. The zero-order valence-electron chi connectivity index (χ0n) is 6.10. The van der Waals surface area contributed by atoms with Crippen LogP contribution in [0.1, 0.15) is 5.56 Å². The Morgan fingerprint density at radius 1 is 1.55 bits per heavy atom. The van der Waals surface area contributed by atoms with Gasteiger partial charge in [0, 0.05) is 9.45 Å². The molecule has 0 unspecified atom stereocenters. The van der Waals surface area contributed by atoms with Crippen LogP contribution in [-0.2, 0) is 5.88 Å². The molecule has 1 rings (SSSR count). The van der Waals surface area contributed by atoms with Crippen molar-refractivity contribution in [1.29, 1.82) is 0 Å². The highest BCUT2D eigenvalue weighted by Gasteiger charge is 1.98. The molecule has 0 amide bonds. The fourth-order valence-corrected chi connectivity index (χ4v) is 1.90. The van der Waals surface area contributed by atoms with Gasteiger partial charge in [0.25, 0.3) is 0 Å². The molecule has 1 aromatic carbocycles. The van der Waals surface area contributed by atoms with Crippen molar-refractivity contribution >= 4 is 34.2 Å². The fraction of sp³-hybridized carbons (Fsp3) is 0.250. The summed E-state index contributed by atoms with van der Waals surface area (Å²) in [6.45, 7) is 0. The Balaban J connectivity index is 2.99. The van der Waals surface area contributed by atoms with Crippen molar-refractivity contribution in [2.24, 2.45) is 0 Å². The lowest BCUT2D eigenvalue weighted by Crippen LogP contribution is -1.87. The Kier molecular flexibility index (Phi) is 3.45. The van der Waals surface area contributed by atoms with Gasteiger partial charge in [-0.2, -0.15) is 0 Å². The highest BCUT2D eigenvalue weighted by molar-refractivity contribution is 14.1. The van der Waals surface area contributed by atoms with Gasteiger partial charge < -0.3 is 4.74 Å². The Morgan fingerprint density at radius 3 is 2.73 bits per heavy atom. The summed E-state index contributed by atoms with van der Waals surface area (Å²) in [5.74, 6) is 1.44. The van der Waals surface area contributed by atoms with Gasteiger partial charge in [-0.1, -0.05) is 6.07 Å². The van der Waals surface area contributed by atoms with Crippen LogP contribution in [0.3, 0.4) is 0 Å². The van der Waals surface area contributed by atoms with Crippen molar-refractivity contribution in [3.63, 3.8) is 0 Å².